The summed E-state index contributed by atoms with van der Waals surface area (Å²) < 4.78 is 1.59. The molecule has 3 rings (SSSR count). The predicted octanol–water partition coefficient (Wildman–Crippen LogP) is 1.81. The highest BCUT2D eigenvalue weighted by Gasteiger charge is 2.27. The number of piperidine rings is 1. The summed E-state index contributed by atoms with van der Waals surface area (Å²) in [6, 6.07) is 3.40. The molecule has 7 nitrogen and oxygen atoms in total. The van der Waals surface area contributed by atoms with E-state index < -0.39 is 0 Å². The molecule has 0 aromatic carbocycles. The molecular formula is C18H23N5O2. The summed E-state index contributed by atoms with van der Waals surface area (Å²) >= 11 is 0. The zero-order chi connectivity index (χ0) is 18.0. The minimum absolute atomic E-state index is 0.0145. The molecule has 0 unspecified atom stereocenters. The molecule has 0 bridgehead atoms. The van der Waals surface area contributed by atoms with Crippen molar-refractivity contribution in [3.8, 4) is 0 Å². The normalized spacial score (nSPS) is 16.0. The Morgan fingerprint density at radius 2 is 1.88 bits per heavy atom. The van der Waals surface area contributed by atoms with Gasteiger partial charge < -0.3 is 4.90 Å². The van der Waals surface area contributed by atoms with Crippen LogP contribution >= 0.6 is 0 Å². The van der Waals surface area contributed by atoms with Crippen LogP contribution in [-0.4, -0.2) is 43.6 Å². The van der Waals surface area contributed by atoms with Crippen molar-refractivity contribution < 1.29 is 4.79 Å². The van der Waals surface area contributed by atoms with Crippen molar-refractivity contribution in [2.45, 2.75) is 45.1 Å². The smallest absolute Gasteiger partial charge is 0.274 e. The van der Waals surface area contributed by atoms with Gasteiger partial charge in [0.25, 0.3) is 11.5 Å². The maximum absolute atomic E-state index is 12.4. The molecule has 132 valence electrons. The van der Waals surface area contributed by atoms with Crippen molar-refractivity contribution in [1.82, 2.24) is 24.6 Å². The highest BCUT2D eigenvalue weighted by Crippen LogP contribution is 2.23. The fraction of sp³-hybridized carbons (Fsp3) is 0.500. The molecule has 1 aliphatic heterocycles. The van der Waals surface area contributed by atoms with E-state index in [0.29, 0.717) is 31.6 Å². The van der Waals surface area contributed by atoms with Gasteiger partial charge in [0, 0.05) is 37.0 Å². The fourth-order valence-electron chi connectivity index (χ4n) is 2.97. The Morgan fingerprint density at radius 3 is 2.48 bits per heavy atom. The predicted molar refractivity (Wildman–Crippen MR) is 93.4 cm³/mol. The largest absolute Gasteiger partial charge is 0.337 e. The second-order valence-corrected chi connectivity index (χ2v) is 7.37. The van der Waals surface area contributed by atoms with E-state index in [4.69, 9.17) is 0 Å². The Bertz CT molecular complexity index is 802. The summed E-state index contributed by atoms with van der Waals surface area (Å²) in [6.45, 7) is 7.38. The van der Waals surface area contributed by atoms with Crippen LogP contribution in [0.2, 0.25) is 0 Å². The summed E-state index contributed by atoms with van der Waals surface area (Å²) in [5, 5.41) is 4.57. The van der Waals surface area contributed by atoms with Crippen LogP contribution < -0.4 is 5.56 Å². The van der Waals surface area contributed by atoms with Gasteiger partial charge in [0.05, 0.1) is 17.9 Å². The highest BCUT2D eigenvalue weighted by atomic mass is 16.2. The molecule has 25 heavy (non-hydrogen) atoms. The van der Waals surface area contributed by atoms with E-state index in [1.807, 2.05) is 0 Å². The van der Waals surface area contributed by atoms with Crippen LogP contribution in [0, 0.1) is 0 Å². The summed E-state index contributed by atoms with van der Waals surface area (Å²) in [4.78, 5) is 34.4. The van der Waals surface area contributed by atoms with Gasteiger partial charge >= 0.3 is 0 Å². The molecule has 1 fully saturated rings. The van der Waals surface area contributed by atoms with E-state index in [-0.39, 0.29) is 22.9 Å². The van der Waals surface area contributed by atoms with Crippen LogP contribution in [-0.2, 0) is 5.41 Å². The van der Waals surface area contributed by atoms with Crippen LogP contribution in [0.25, 0.3) is 0 Å². The summed E-state index contributed by atoms with van der Waals surface area (Å²) in [5.41, 5.74) is 1.04. The third kappa shape index (κ3) is 3.75. The molecule has 3 heterocycles. The Kier molecular flexibility index (Phi) is 4.65. The first kappa shape index (κ1) is 17.3. The number of amides is 1. The topological polar surface area (TPSA) is 81.0 Å². The number of hydrogen-bond acceptors (Lipinski definition) is 5. The Morgan fingerprint density at radius 1 is 1.16 bits per heavy atom. The molecule has 0 radical (unpaired) electrons. The zero-order valence-electron chi connectivity index (χ0n) is 14.8. The van der Waals surface area contributed by atoms with Crippen molar-refractivity contribution in [2.75, 3.05) is 13.1 Å². The van der Waals surface area contributed by atoms with Crippen molar-refractivity contribution in [3.05, 3.63) is 52.5 Å². The van der Waals surface area contributed by atoms with E-state index in [0.717, 1.165) is 5.69 Å². The monoisotopic (exact) mass is 341 g/mol. The van der Waals surface area contributed by atoms with Crippen LogP contribution in [0.3, 0.4) is 0 Å². The van der Waals surface area contributed by atoms with Crippen molar-refractivity contribution in [2.24, 2.45) is 0 Å². The van der Waals surface area contributed by atoms with Crippen LogP contribution in [0.15, 0.2) is 35.5 Å². The minimum Gasteiger partial charge on any atom is -0.337 e. The van der Waals surface area contributed by atoms with Gasteiger partial charge in [-0.15, -0.1) is 0 Å². The van der Waals surface area contributed by atoms with Gasteiger partial charge in [-0.2, -0.15) is 5.10 Å². The number of carbonyl (C=O) groups excluding carboxylic acids is 1. The summed E-state index contributed by atoms with van der Waals surface area (Å²) in [6.07, 6.45) is 5.94. The summed E-state index contributed by atoms with van der Waals surface area (Å²) in [7, 11) is 0. The highest BCUT2D eigenvalue weighted by molar-refractivity contribution is 5.92. The Hall–Kier alpha value is -2.57. The molecule has 1 amide bonds. The molecule has 1 saturated heterocycles. The lowest BCUT2D eigenvalue weighted by Crippen LogP contribution is -2.42. The number of carbonyl (C=O) groups is 1. The van der Waals surface area contributed by atoms with Gasteiger partial charge in [-0.25, -0.2) is 9.67 Å². The van der Waals surface area contributed by atoms with Gasteiger partial charge in [-0.3, -0.25) is 14.6 Å². The third-order valence-electron chi connectivity index (χ3n) is 4.47. The second kappa shape index (κ2) is 6.74. The number of hydrogen-bond donors (Lipinski definition) is 0. The fourth-order valence-corrected chi connectivity index (χ4v) is 2.97. The lowest BCUT2D eigenvalue weighted by Gasteiger charge is -2.32. The minimum atomic E-state index is -0.115. The van der Waals surface area contributed by atoms with E-state index in [1.54, 1.807) is 27.9 Å². The van der Waals surface area contributed by atoms with E-state index in [9.17, 15) is 9.59 Å². The first-order chi connectivity index (χ1) is 11.9. The molecule has 0 spiro atoms. The quantitative estimate of drug-likeness (QED) is 0.832. The lowest BCUT2D eigenvalue weighted by molar-refractivity contribution is 0.0681. The number of aromatic nitrogens is 4. The van der Waals surface area contributed by atoms with E-state index >= 15 is 0 Å². The van der Waals surface area contributed by atoms with E-state index in [1.165, 1.54) is 12.4 Å². The second-order valence-electron chi connectivity index (χ2n) is 7.37. The van der Waals surface area contributed by atoms with Crippen molar-refractivity contribution in [3.63, 3.8) is 0 Å². The van der Waals surface area contributed by atoms with Crippen molar-refractivity contribution >= 4 is 5.91 Å². The van der Waals surface area contributed by atoms with Gasteiger partial charge in [0.2, 0.25) is 0 Å². The molecule has 0 saturated carbocycles. The third-order valence-corrected chi connectivity index (χ3v) is 4.47. The Labute approximate surface area is 146 Å². The SMILES string of the molecule is CC(C)(C)c1ccc(=O)n(C2CCN(C(=O)c3cnccn3)CC2)n1. The lowest BCUT2D eigenvalue weighted by atomic mass is 9.92. The molecule has 7 heteroatoms. The zero-order valence-corrected chi connectivity index (χ0v) is 14.8. The van der Waals surface area contributed by atoms with Crippen LogP contribution in [0.5, 0.6) is 0 Å². The first-order valence-corrected chi connectivity index (χ1v) is 8.52. The van der Waals surface area contributed by atoms with Gasteiger partial charge in [0.15, 0.2) is 0 Å². The van der Waals surface area contributed by atoms with Gasteiger partial charge in [-0.1, -0.05) is 20.8 Å². The maximum atomic E-state index is 12.4. The molecular weight excluding hydrogens is 318 g/mol. The number of rotatable bonds is 2. The molecule has 1 aliphatic rings. The molecule has 0 atom stereocenters. The number of likely N-dealkylation sites (tertiary alicyclic amines) is 1. The van der Waals surface area contributed by atoms with E-state index in [2.05, 4.69) is 35.8 Å². The van der Waals surface area contributed by atoms with Gasteiger partial charge in [-0.05, 0) is 18.9 Å². The molecule has 0 N–H and O–H groups in total. The molecule has 0 aliphatic carbocycles. The van der Waals surface area contributed by atoms with Crippen LogP contribution in [0.4, 0.5) is 0 Å². The van der Waals surface area contributed by atoms with Crippen molar-refractivity contribution in [1.29, 1.82) is 0 Å². The Balaban J connectivity index is 1.73. The molecule has 2 aromatic heterocycles. The number of nitrogens with zero attached hydrogens (tertiary/aromatic N) is 5. The maximum Gasteiger partial charge on any atom is 0.274 e. The first-order valence-electron chi connectivity index (χ1n) is 8.52. The standard InChI is InChI=1S/C18H23N5O2/c1-18(2,3)15-4-5-16(24)23(21-15)13-6-10-22(11-7-13)17(25)14-12-19-8-9-20-14/h4-5,8-9,12-13H,6-7,10-11H2,1-3H3. The van der Waals surface area contributed by atoms with Gasteiger partial charge in [0.1, 0.15) is 5.69 Å². The average molecular weight is 341 g/mol. The summed E-state index contributed by atoms with van der Waals surface area (Å²) in [5.74, 6) is -0.115. The average Bonchev–Trinajstić information content (AvgIpc) is 2.61. The molecule has 2 aromatic rings. The van der Waals surface area contributed by atoms with Crippen LogP contribution in [0.1, 0.15) is 55.8 Å².